The Morgan fingerprint density at radius 2 is 1.47 bits per heavy atom. The summed E-state index contributed by atoms with van der Waals surface area (Å²) >= 11 is 11.9. The van der Waals surface area contributed by atoms with Crippen LogP contribution < -0.4 is 16.4 Å². The first-order valence-electron chi connectivity index (χ1n) is 10.5. The molecule has 1 heterocycles. The molecule has 4 N–H and O–H groups in total. The molecule has 1 aliphatic carbocycles. The second-order valence-corrected chi connectivity index (χ2v) is 9.01. The van der Waals surface area contributed by atoms with E-state index in [1.54, 1.807) is 36.5 Å². The van der Waals surface area contributed by atoms with Gasteiger partial charge in [0, 0.05) is 23.0 Å². The minimum atomic E-state index is -1.09. The van der Waals surface area contributed by atoms with Crippen molar-refractivity contribution in [2.24, 2.45) is 5.41 Å². The van der Waals surface area contributed by atoms with Gasteiger partial charge in [0.05, 0.1) is 15.6 Å². The van der Waals surface area contributed by atoms with Crippen LogP contribution in [0.25, 0.3) is 22.0 Å². The number of rotatable bonds is 5. The Morgan fingerprint density at radius 3 is 2.15 bits per heavy atom. The smallest absolute Gasteiger partial charge is 0.240 e. The monoisotopic (exact) mass is 491 g/mol. The van der Waals surface area contributed by atoms with E-state index in [-0.39, 0.29) is 17.8 Å². The van der Waals surface area contributed by atoms with Crippen molar-refractivity contribution in [3.63, 3.8) is 0 Å². The van der Waals surface area contributed by atoms with E-state index in [0.717, 1.165) is 22.0 Å². The molecule has 1 saturated carbocycles. The molecule has 170 valence electrons. The number of aromatic nitrogens is 2. The zero-order valence-corrected chi connectivity index (χ0v) is 19.3. The fraction of sp³-hybridized carbons (Fsp3) is 0.120. The van der Waals surface area contributed by atoms with E-state index in [9.17, 15) is 9.59 Å². The molecule has 5 rings (SSSR count). The van der Waals surface area contributed by atoms with Crippen molar-refractivity contribution in [1.82, 2.24) is 9.97 Å². The predicted molar refractivity (Wildman–Crippen MR) is 135 cm³/mol. The highest BCUT2D eigenvalue weighted by Crippen LogP contribution is 2.47. The third-order valence-corrected chi connectivity index (χ3v) is 6.61. The number of nitrogens with zero attached hydrogens (tertiary/aromatic N) is 2. The lowest BCUT2D eigenvalue weighted by Gasteiger charge is -2.16. The van der Waals surface area contributed by atoms with E-state index >= 15 is 0 Å². The van der Waals surface area contributed by atoms with E-state index < -0.39 is 5.41 Å². The fourth-order valence-electron chi connectivity index (χ4n) is 3.72. The van der Waals surface area contributed by atoms with Crippen molar-refractivity contribution in [2.75, 3.05) is 16.4 Å². The first-order valence-corrected chi connectivity index (χ1v) is 11.3. The van der Waals surface area contributed by atoms with Gasteiger partial charge in [0.15, 0.2) is 0 Å². The molecule has 9 heteroatoms. The van der Waals surface area contributed by atoms with Crippen molar-refractivity contribution < 1.29 is 9.59 Å². The molecule has 0 radical (unpaired) electrons. The summed E-state index contributed by atoms with van der Waals surface area (Å²) in [6, 6.07) is 18.1. The van der Waals surface area contributed by atoms with Gasteiger partial charge in [-0.1, -0.05) is 47.5 Å². The molecule has 0 saturated heterocycles. The molecule has 0 atom stereocenters. The zero-order valence-electron chi connectivity index (χ0n) is 17.8. The van der Waals surface area contributed by atoms with Crippen molar-refractivity contribution in [3.8, 4) is 11.1 Å². The largest absolute Gasteiger partial charge is 0.368 e. The lowest BCUT2D eigenvalue weighted by Crippen LogP contribution is -2.35. The van der Waals surface area contributed by atoms with E-state index in [0.29, 0.717) is 34.3 Å². The summed E-state index contributed by atoms with van der Waals surface area (Å²) in [7, 11) is 0. The predicted octanol–water partition coefficient (Wildman–Crippen LogP) is 5.54. The molecular formula is C25H19Cl2N5O2. The highest BCUT2D eigenvalue weighted by Gasteiger charge is 2.56. The number of nitrogens with one attached hydrogen (secondary N) is 2. The van der Waals surface area contributed by atoms with E-state index in [4.69, 9.17) is 28.9 Å². The van der Waals surface area contributed by atoms with Gasteiger partial charge in [-0.25, -0.2) is 9.97 Å². The van der Waals surface area contributed by atoms with Gasteiger partial charge in [-0.05, 0) is 60.4 Å². The molecule has 3 aromatic carbocycles. The summed E-state index contributed by atoms with van der Waals surface area (Å²) < 4.78 is 0. The number of fused-ring (bicyclic) bond motifs is 1. The molecular weight excluding hydrogens is 473 g/mol. The van der Waals surface area contributed by atoms with Crippen LogP contribution in [-0.2, 0) is 9.59 Å². The first kappa shape index (κ1) is 22.1. The lowest BCUT2D eigenvalue weighted by molar-refractivity contribution is -0.131. The lowest BCUT2D eigenvalue weighted by atomic mass is 10.0. The number of halogens is 2. The average Bonchev–Trinajstić information content (AvgIpc) is 3.64. The fourth-order valence-corrected chi connectivity index (χ4v) is 4.02. The Balaban J connectivity index is 1.28. The van der Waals surface area contributed by atoms with Crippen molar-refractivity contribution >= 4 is 63.2 Å². The van der Waals surface area contributed by atoms with Gasteiger partial charge in [-0.15, -0.1) is 0 Å². The number of nitrogen functional groups attached to an aromatic ring is 1. The zero-order chi connectivity index (χ0) is 23.9. The molecule has 1 fully saturated rings. The Kier molecular flexibility index (Phi) is 5.59. The summed E-state index contributed by atoms with van der Waals surface area (Å²) in [5.74, 6) is -0.479. The molecule has 1 aliphatic rings. The summed E-state index contributed by atoms with van der Waals surface area (Å²) in [4.78, 5) is 34.0. The van der Waals surface area contributed by atoms with Crippen LogP contribution in [0.15, 0.2) is 66.9 Å². The summed E-state index contributed by atoms with van der Waals surface area (Å²) in [6.07, 6.45) is 2.64. The number of anilines is 3. The molecule has 0 aliphatic heterocycles. The molecule has 0 bridgehead atoms. The number of hydrogen-bond donors (Lipinski definition) is 3. The average molecular weight is 492 g/mol. The van der Waals surface area contributed by atoms with Gasteiger partial charge < -0.3 is 16.4 Å². The Labute approximate surface area is 205 Å². The van der Waals surface area contributed by atoms with Gasteiger partial charge in [-0.2, -0.15) is 0 Å². The van der Waals surface area contributed by atoms with Crippen molar-refractivity contribution in [1.29, 1.82) is 0 Å². The van der Waals surface area contributed by atoms with Gasteiger partial charge in [0.1, 0.15) is 5.41 Å². The maximum Gasteiger partial charge on any atom is 0.240 e. The number of hydrogen-bond acceptors (Lipinski definition) is 5. The topological polar surface area (TPSA) is 110 Å². The Morgan fingerprint density at radius 1 is 0.824 bits per heavy atom. The Hall–Kier alpha value is -3.68. The molecule has 2 amide bonds. The summed E-state index contributed by atoms with van der Waals surface area (Å²) in [5.41, 5.74) is 8.37. The molecule has 1 aromatic heterocycles. The van der Waals surface area contributed by atoms with Gasteiger partial charge in [0.25, 0.3) is 0 Å². The SMILES string of the molecule is Nc1ncc2ccc(-c3ccc(NC(=O)C4(C(=O)Nc5ccc(Cl)c(Cl)c5)CC4)cc3)cc2n1. The van der Waals surface area contributed by atoms with Crippen LogP contribution in [0.2, 0.25) is 10.0 Å². The number of carbonyl (C=O) groups excluding carboxylic acids is 2. The van der Waals surface area contributed by atoms with E-state index in [1.165, 1.54) is 0 Å². The van der Waals surface area contributed by atoms with Gasteiger partial charge >= 0.3 is 0 Å². The number of carbonyl (C=O) groups is 2. The number of benzene rings is 3. The van der Waals surface area contributed by atoms with Crippen LogP contribution >= 0.6 is 23.2 Å². The van der Waals surface area contributed by atoms with Gasteiger partial charge in [0.2, 0.25) is 17.8 Å². The maximum atomic E-state index is 12.9. The standard InChI is InChI=1S/C25H19Cl2N5O2/c26-19-8-7-18(12-20(19)27)31-23(34)25(9-10-25)22(33)30-17-5-3-14(4-6-17)15-1-2-16-13-29-24(28)32-21(16)11-15/h1-8,11-13H,9-10H2,(H,30,33)(H,31,34)(H2,28,29,32). The highest BCUT2D eigenvalue weighted by atomic mass is 35.5. The van der Waals surface area contributed by atoms with Crippen molar-refractivity contribution in [2.45, 2.75) is 12.8 Å². The highest BCUT2D eigenvalue weighted by molar-refractivity contribution is 6.42. The van der Waals surface area contributed by atoms with Gasteiger partial charge in [-0.3, -0.25) is 9.59 Å². The van der Waals surface area contributed by atoms with Crippen LogP contribution in [0.3, 0.4) is 0 Å². The molecule has 4 aromatic rings. The van der Waals surface area contributed by atoms with E-state index in [1.807, 2.05) is 30.3 Å². The first-order chi connectivity index (χ1) is 16.3. The minimum Gasteiger partial charge on any atom is -0.368 e. The van der Waals surface area contributed by atoms with Crippen LogP contribution in [0.1, 0.15) is 12.8 Å². The quantitative estimate of drug-likeness (QED) is 0.317. The third-order valence-electron chi connectivity index (χ3n) is 5.87. The molecule has 7 nitrogen and oxygen atoms in total. The second kappa shape index (κ2) is 8.59. The summed E-state index contributed by atoms with van der Waals surface area (Å²) in [5, 5.41) is 7.25. The number of amides is 2. The van der Waals surface area contributed by atoms with Crippen LogP contribution in [0, 0.1) is 5.41 Å². The minimum absolute atomic E-state index is 0.222. The van der Waals surface area contributed by atoms with Crippen molar-refractivity contribution in [3.05, 3.63) is 76.9 Å². The summed E-state index contributed by atoms with van der Waals surface area (Å²) in [6.45, 7) is 0. The molecule has 0 spiro atoms. The normalized spacial score (nSPS) is 13.9. The van der Waals surface area contributed by atoms with Crippen LogP contribution in [0.5, 0.6) is 0 Å². The van der Waals surface area contributed by atoms with E-state index in [2.05, 4.69) is 20.6 Å². The molecule has 34 heavy (non-hydrogen) atoms. The molecule has 0 unspecified atom stereocenters. The Bertz CT molecular complexity index is 1440. The van der Waals surface area contributed by atoms with Crippen LogP contribution in [-0.4, -0.2) is 21.8 Å². The maximum absolute atomic E-state index is 12.9. The third kappa shape index (κ3) is 4.27. The number of nitrogens with two attached hydrogens (primary N) is 1. The van der Waals surface area contributed by atoms with Crippen LogP contribution in [0.4, 0.5) is 17.3 Å². The second-order valence-electron chi connectivity index (χ2n) is 8.20.